The van der Waals surface area contributed by atoms with E-state index in [1.54, 1.807) is 11.9 Å². The van der Waals surface area contributed by atoms with Crippen molar-refractivity contribution < 1.29 is 9.53 Å². The van der Waals surface area contributed by atoms with Crippen LogP contribution in [0.5, 0.6) is 0 Å². The van der Waals surface area contributed by atoms with Crippen LogP contribution < -0.4 is 5.32 Å². The van der Waals surface area contributed by atoms with Crippen LogP contribution in [0.25, 0.3) is 0 Å². The van der Waals surface area contributed by atoms with Crippen molar-refractivity contribution in [3.8, 4) is 0 Å². The number of nitrogens with one attached hydrogen (secondary N) is 1. The Morgan fingerprint density at radius 2 is 2.07 bits per heavy atom. The van der Waals surface area contributed by atoms with Gasteiger partial charge in [-0.15, -0.1) is 0 Å². The molecule has 0 spiro atoms. The molecule has 14 heavy (non-hydrogen) atoms. The lowest BCUT2D eigenvalue weighted by Crippen LogP contribution is -2.38. The number of urea groups is 1. The van der Waals surface area contributed by atoms with Crippen LogP contribution in [0, 0.1) is 0 Å². The molecule has 1 N–H and O–H groups in total. The number of hydrogen-bond donors (Lipinski definition) is 1. The van der Waals surface area contributed by atoms with E-state index in [9.17, 15) is 4.79 Å². The van der Waals surface area contributed by atoms with E-state index in [0.717, 1.165) is 26.0 Å². The third-order valence-corrected chi connectivity index (χ3v) is 1.99. The first-order valence-corrected chi connectivity index (χ1v) is 5.29. The maximum absolute atomic E-state index is 11.2. The molecule has 84 valence electrons. The number of rotatable bonds is 7. The van der Waals surface area contributed by atoms with Crippen molar-refractivity contribution in [3.63, 3.8) is 0 Å². The van der Waals surface area contributed by atoms with Crippen LogP contribution in [0.3, 0.4) is 0 Å². The van der Waals surface area contributed by atoms with Gasteiger partial charge in [-0.05, 0) is 13.3 Å². The summed E-state index contributed by atoms with van der Waals surface area (Å²) in [6, 6.07) is -0.0356. The summed E-state index contributed by atoms with van der Waals surface area (Å²) in [6.45, 7) is 6.77. The Kier molecular flexibility index (Phi) is 8.33. The van der Waals surface area contributed by atoms with Gasteiger partial charge in [0.25, 0.3) is 0 Å². The maximum atomic E-state index is 11.2. The minimum atomic E-state index is -0.0356. The molecule has 0 bridgehead atoms. The molecule has 0 rings (SSSR count). The molecule has 0 aliphatic carbocycles. The highest BCUT2D eigenvalue weighted by Gasteiger charge is 2.03. The summed E-state index contributed by atoms with van der Waals surface area (Å²) in [5.74, 6) is 0. The summed E-state index contributed by atoms with van der Waals surface area (Å²) in [4.78, 5) is 12.9. The highest BCUT2D eigenvalue weighted by Crippen LogP contribution is 1.87. The van der Waals surface area contributed by atoms with Crippen LogP contribution in [0.4, 0.5) is 4.79 Å². The molecular formula is C10H22N2O2. The van der Waals surface area contributed by atoms with E-state index >= 15 is 0 Å². The molecule has 0 heterocycles. The number of amides is 2. The molecule has 0 aromatic rings. The standard InChI is InChI=1S/C10H22N2O2/c1-4-6-8-14-9-7-11-10(13)12(3)5-2/h4-9H2,1-3H3,(H,11,13). The SMILES string of the molecule is CCCCOCCNC(=O)N(C)CC. The molecule has 0 atom stereocenters. The molecule has 0 fully saturated rings. The molecule has 0 saturated heterocycles. The fraction of sp³-hybridized carbons (Fsp3) is 0.900. The molecule has 0 aromatic carbocycles. The Labute approximate surface area is 86.6 Å². The lowest BCUT2D eigenvalue weighted by atomic mass is 10.4. The van der Waals surface area contributed by atoms with Gasteiger partial charge >= 0.3 is 6.03 Å². The van der Waals surface area contributed by atoms with E-state index in [0.29, 0.717) is 13.2 Å². The predicted molar refractivity (Wildman–Crippen MR) is 57.4 cm³/mol. The number of hydrogen-bond acceptors (Lipinski definition) is 2. The van der Waals surface area contributed by atoms with Gasteiger partial charge in [0.05, 0.1) is 6.61 Å². The summed E-state index contributed by atoms with van der Waals surface area (Å²) < 4.78 is 5.30. The van der Waals surface area contributed by atoms with E-state index in [1.807, 2.05) is 6.92 Å². The molecule has 0 aromatic heterocycles. The second kappa shape index (κ2) is 8.81. The van der Waals surface area contributed by atoms with Crippen molar-refractivity contribution in [1.29, 1.82) is 0 Å². The first-order chi connectivity index (χ1) is 6.72. The van der Waals surface area contributed by atoms with Crippen molar-refractivity contribution in [3.05, 3.63) is 0 Å². The Balaban J connectivity index is 3.23. The average Bonchev–Trinajstić information content (AvgIpc) is 2.21. The van der Waals surface area contributed by atoms with Gasteiger partial charge in [0.2, 0.25) is 0 Å². The monoisotopic (exact) mass is 202 g/mol. The molecule has 4 heteroatoms. The lowest BCUT2D eigenvalue weighted by molar-refractivity contribution is 0.132. The Hall–Kier alpha value is -0.770. The number of unbranched alkanes of at least 4 members (excludes halogenated alkanes) is 1. The average molecular weight is 202 g/mol. The number of nitrogens with zero attached hydrogens (tertiary/aromatic N) is 1. The van der Waals surface area contributed by atoms with Crippen LogP contribution in [0.2, 0.25) is 0 Å². The van der Waals surface area contributed by atoms with Crippen LogP contribution in [0.15, 0.2) is 0 Å². The van der Waals surface area contributed by atoms with E-state index in [4.69, 9.17) is 4.74 Å². The summed E-state index contributed by atoms with van der Waals surface area (Å²) >= 11 is 0. The molecule has 0 aliphatic rings. The lowest BCUT2D eigenvalue weighted by Gasteiger charge is -2.15. The fourth-order valence-corrected chi connectivity index (χ4v) is 0.857. The smallest absolute Gasteiger partial charge is 0.317 e. The van der Waals surface area contributed by atoms with E-state index in [2.05, 4.69) is 12.2 Å². The van der Waals surface area contributed by atoms with Gasteiger partial charge in [-0.3, -0.25) is 0 Å². The van der Waals surface area contributed by atoms with Gasteiger partial charge in [-0.25, -0.2) is 4.79 Å². The van der Waals surface area contributed by atoms with Crippen molar-refractivity contribution in [2.75, 3.05) is 33.4 Å². The summed E-state index contributed by atoms with van der Waals surface area (Å²) in [5.41, 5.74) is 0. The Morgan fingerprint density at radius 1 is 1.36 bits per heavy atom. The molecule has 0 unspecified atom stereocenters. The molecular weight excluding hydrogens is 180 g/mol. The highest BCUT2D eigenvalue weighted by molar-refractivity contribution is 5.73. The Morgan fingerprint density at radius 3 is 2.64 bits per heavy atom. The first kappa shape index (κ1) is 13.2. The zero-order valence-corrected chi connectivity index (χ0v) is 9.51. The van der Waals surface area contributed by atoms with Gasteiger partial charge in [-0.2, -0.15) is 0 Å². The largest absolute Gasteiger partial charge is 0.380 e. The normalized spacial score (nSPS) is 9.93. The quantitative estimate of drug-likeness (QED) is 0.635. The third kappa shape index (κ3) is 6.71. The van der Waals surface area contributed by atoms with E-state index in [1.165, 1.54) is 0 Å². The number of carbonyl (C=O) groups excluding carboxylic acids is 1. The summed E-state index contributed by atoms with van der Waals surface area (Å²) in [7, 11) is 1.77. The first-order valence-electron chi connectivity index (χ1n) is 5.29. The topological polar surface area (TPSA) is 41.6 Å². The second-order valence-electron chi connectivity index (χ2n) is 3.21. The van der Waals surface area contributed by atoms with Crippen LogP contribution in [-0.2, 0) is 4.74 Å². The minimum Gasteiger partial charge on any atom is -0.380 e. The summed E-state index contributed by atoms with van der Waals surface area (Å²) in [6.07, 6.45) is 2.23. The summed E-state index contributed by atoms with van der Waals surface area (Å²) in [5, 5.41) is 2.77. The van der Waals surface area contributed by atoms with E-state index in [-0.39, 0.29) is 6.03 Å². The second-order valence-corrected chi connectivity index (χ2v) is 3.21. The van der Waals surface area contributed by atoms with Crippen LogP contribution in [0.1, 0.15) is 26.7 Å². The fourth-order valence-electron chi connectivity index (χ4n) is 0.857. The molecule has 4 nitrogen and oxygen atoms in total. The molecule has 0 radical (unpaired) electrons. The van der Waals surface area contributed by atoms with Gasteiger partial charge in [0.15, 0.2) is 0 Å². The van der Waals surface area contributed by atoms with Gasteiger partial charge in [-0.1, -0.05) is 13.3 Å². The zero-order valence-electron chi connectivity index (χ0n) is 9.51. The maximum Gasteiger partial charge on any atom is 0.317 e. The van der Waals surface area contributed by atoms with Crippen molar-refractivity contribution in [1.82, 2.24) is 10.2 Å². The van der Waals surface area contributed by atoms with E-state index < -0.39 is 0 Å². The zero-order chi connectivity index (χ0) is 10.8. The van der Waals surface area contributed by atoms with Gasteiger partial charge in [0.1, 0.15) is 0 Å². The third-order valence-electron chi connectivity index (χ3n) is 1.99. The Bertz CT molecular complexity index is 151. The molecule has 2 amide bonds. The number of carbonyl (C=O) groups is 1. The van der Waals surface area contributed by atoms with Crippen LogP contribution in [-0.4, -0.2) is 44.3 Å². The van der Waals surface area contributed by atoms with Gasteiger partial charge < -0.3 is 15.0 Å². The minimum absolute atomic E-state index is 0.0356. The molecule has 0 aliphatic heterocycles. The van der Waals surface area contributed by atoms with Crippen molar-refractivity contribution in [2.45, 2.75) is 26.7 Å². The van der Waals surface area contributed by atoms with Crippen LogP contribution >= 0.6 is 0 Å². The van der Waals surface area contributed by atoms with Crippen molar-refractivity contribution >= 4 is 6.03 Å². The molecule has 0 saturated carbocycles. The number of ether oxygens (including phenoxy) is 1. The van der Waals surface area contributed by atoms with Crippen molar-refractivity contribution in [2.24, 2.45) is 0 Å². The predicted octanol–water partition coefficient (Wildman–Crippen LogP) is 1.46. The highest BCUT2D eigenvalue weighted by atomic mass is 16.5. The van der Waals surface area contributed by atoms with Gasteiger partial charge in [0, 0.05) is 26.7 Å².